The minimum atomic E-state index is -0.213. The van der Waals surface area contributed by atoms with Crippen molar-refractivity contribution in [2.75, 3.05) is 33.4 Å². The fraction of sp³-hybridized carbons (Fsp3) is 0.500. The second-order valence-electron chi connectivity index (χ2n) is 3.80. The highest BCUT2D eigenvalue weighted by atomic mass is 16.5. The lowest BCUT2D eigenvalue weighted by Crippen LogP contribution is -2.24. The van der Waals surface area contributed by atoms with Gasteiger partial charge >= 0.3 is 5.97 Å². The number of hydrogen-bond acceptors (Lipinski definition) is 5. The van der Waals surface area contributed by atoms with Crippen LogP contribution in [0.3, 0.4) is 0 Å². The number of nitrogens with one attached hydrogen (secondary N) is 1. The molecule has 0 spiro atoms. The van der Waals surface area contributed by atoms with Crippen molar-refractivity contribution in [1.82, 2.24) is 5.32 Å². The van der Waals surface area contributed by atoms with Gasteiger partial charge in [0.1, 0.15) is 6.61 Å². The highest BCUT2D eigenvalue weighted by molar-refractivity contribution is 5.69. The molecule has 1 N–H and O–H groups in total. The van der Waals surface area contributed by atoms with E-state index < -0.39 is 0 Å². The molecular formula is C14H21NO4. The number of para-hydroxylation sites is 2. The Kier molecular flexibility index (Phi) is 7.43. The van der Waals surface area contributed by atoms with Crippen LogP contribution in [0.1, 0.15) is 13.3 Å². The number of benzene rings is 1. The molecule has 19 heavy (non-hydrogen) atoms. The van der Waals surface area contributed by atoms with Crippen molar-refractivity contribution < 1.29 is 19.0 Å². The number of hydrogen-bond donors (Lipinski definition) is 1. The van der Waals surface area contributed by atoms with Crippen LogP contribution in [-0.4, -0.2) is 39.4 Å². The molecule has 0 unspecified atom stereocenters. The van der Waals surface area contributed by atoms with E-state index in [9.17, 15) is 4.79 Å². The van der Waals surface area contributed by atoms with Crippen LogP contribution >= 0.6 is 0 Å². The fourth-order valence-electron chi connectivity index (χ4n) is 1.49. The average molecular weight is 267 g/mol. The highest BCUT2D eigenvalue weighted by Gasteiger charge is 2.03. The predicted octanol–water partition coefficient (Wildman–Crippen LogP) is 1.62. The Morgan fingerprint density at radius 3 is 2.47 bits per heavy atom. The van der Waals surface area contributed by atoms with Crippen LogP contribution < -0.4 is 14.8 Å². The quantitative estimate of drug-likeness (QED) is 0.544. The van der Waals surface area contributed by atoms with Crippen molar-refractivity contribution in [3.63, 3.8) is 0 Å². The molecule has 1 aromatic carbocycles. The second-order valence-corrected chi connectivity index (χ2v) is 3.80. The predicted molar refractivity (Wildman–Crippen MR) is 72.6 cm³/mol. The molecule has 0 radical (unpaired) electrons. The smallest absolute Gasteiger partial charge is 0.306 e. The first kappa shape index (κ1) is 15.3. The zero-order chi connectivity index (χ0) is 13.9. The molecule has 0 aliphatic carbocycles. The summed E-state index contributed by atoms with van der Waals surface area (Å²) in [6, 6.07) is 7.57. The molecule has 1 rings (SSSR count). The van der Waals surface area contributed by atoms with Gasteiger partial charge in [-0.1, -0.05) is 12.1 Å². The van der Waals surface area contributed by atoms with Gasteiger partial charge in [0.15, 0.2) is 11.5 Å². The van der Waals surface area contributed by atoms with Crippen LogP contribution in [0.25, 0.3) is 0 Å². The van der Waals surface area contributed by atoms with E-state index in [0.29, 0.717) is 32.7 Å². The van der Waals surface area contributed by atoms with Gasteiger partial charge < -0.3 is 19.5 Å². The van der Waals surface area contributed by atoms with E-state index in [2.05, 4.69) is 10.1 Å². The lowest BCUT2D eigenvalue weighted by Gasteiger charge is -2.11. The maximum atomic E-state index is 10.9. The van der Waals surface area contributed by atoms with Crippen molar-refractivity contribution in [1.29, 1.82) is 0 Å². The Morgan fingerprint density at radius 1 is 1.16 bits per heavy atom. The SMILES string of the molecule is CCOc1ccccc1OCCNCCC(=O)OC. The Morgan fingerprint density at radius 2 is 1.84 bits per heavy atom. The van der Waals surface area contributed by atoms with Crippen LogP contribution in [-0.2, 0) is 9.53 Å². The Bertz CT molecular complexity index is 381. The molecule has 0 atom stereocenters. The fourth-order valence-corrected chi connectivity index (χ4v) is 1.49. The molecule has 0 aliphatic rings. The first-order valence-electron chi connectivity index (χ1n) is 6.40. The molecule has 0 saturated heterocycles. The highest BCUT2D eigenvalue weighted by Crippen LogP contribution is 2.25. The summed E-state index contributed by atoms with van der Waals surface area (Å²) in [4.78, 5) is 10.9. The molecule has 0 aliphatic heterocycles. The molecule has 106 valence electrons. The summed E-state index contributed by atoms with van der Waals surface area (Å²) in [5.41, 5.74) is 0. The minimum Gasteiger partial charge on any atom is -0.490 e. The van der Waals surface area contributed by atoms with E-state index in [4.69, 9.17) is 9.47 Å². The molecule has 5 heteroatoms. The van der Waals surface area contributed by atoms with Crippen molar-refractivity contribution in [3.8, 4) is 11.5 Å². The zero-order valence-corrected chi connectivity index (χ0v) is 11.5. The third kappa shape index (κ3) is 6.10. The summed E-state index contributed by atoms with van der Waals surface area (Å²) in [7, 11) is 1.39. The van der Waals surface area contributed by atoms with E-state index >= 15 is 0 Å². The Balaban J connectivity index is 2.20. The number of rotatable bonds is 9. The Hall–Kier alpha value is -1.75. The minimum absolute atomic E-state index is 0.213. The van der Waals surface area contributed by atoms with Gasteiger partial charge in [0.05, 0.1) is 20.1 Å². The second kappa shape index (κ2) is 9.22. The van der Waals surface area contributed by atoms with Gasteiger partial charge in [0.2, 0.25) is 0 Å². The largest absolute Gasteiger partial charge is 0.490 e. The normalized spacial score (nSPS) is 10.0. The van der Waals surface area contributed by atoms with Crippen molar-refractivity contribution in [2.45, 2.75) is 13.3 Å². The van der Waals surface area contributed by atoms with Gasteiger partial charge in [-0.3, -0.25) is 4.79 Å². The standard InChI is InChI=1S/C14H21NO4/c1-3-18-12-6-4-5-7-13(12)19-11-10-15-9-8-14(16)17-2/h4-7,15H,3,8-11H2,1-2H3. The van der Waals surface area contributed by atoms with Gasteiger partial charge in [-0.25, -0.2) is 0 Å². The average Bonchev–Trinajstić information content (AvgIpc) is 2.44. The van der Waals surface area contributed by atoms with E-state index in [-0.39, 0.29) is 5.97 Å². The number of esters is 1. The van der Waals surface area contributed by atoms with E-state index in [1.807, 2.05) is 31.2 Å². The number of ether oxygens (including phenoxy) is 3. The first-order chi connectivity index (χ1) is 9.27. The maximum Gasteiger partial charge on any atom is 0.306 e. The van der Waals surface area contributed by atoms with Crippen molar-refractivity contribution >= 4 is 5.97 Å². The molecule has 5 nitrogen and oxygen atoms in total. The van der Waals surface area contributed by atoms with E-state index in [0.717, 1.165) is 11.5 Å². The molecular weight excluding hydrogens is 246 g/mol. The third-order valence-electron chi connectivity index (χ3n) is 2.42. The first-order valence-corrected chi connectivity index (χ1v) is 6.40. The summed E-state index contributed by atoms with van der Waals surface area (Å²) >= 11 is 0. The zero-order valence-electron chi connectivity index (χ0n) is 11.5. The molecule has 0 saturated carbocycles. The van der Waals surface area contributed by atoms with Crippen molar-refractivity contribution in [3.05, 3.63) is 24.3 Å². The topological polar surface area (TPSA) is 56.8 Å². The monoisotopic (exact) mass is 267 g/mol. The number of carbonyl (C=O) groups excluding carboxylic acids is 1. The Labute approximate surface area is 113 Å². The van der Waals surface area contributed by atoms with E-state index in [1.54, 1.807) is 0 Å². The molecule has 0 heterocycles. The van der Waals surface area contributed by atoms with Crippen LogP contribution in [0.4, 0.5) is 0 Å². The van der Waals surface area contributed by atoms with Gasteiger partial charge in [-0.15, -0.1) is 0 Å². The molecule has 0 fully saturated rings. The van der Waals surface area contributed by atoms with Crippen LogP contribution in [0.5, 0.6) is 11.5 Å². The lowest BCUT2D eigenvalue weighted by atomic mass is 10.3. The molecule has 0 bridgehead atoms. The number of carbonyl (C=O) groups is 1. The summed E-state index contributed by atoms with van der Waals surface area (Å²) in [5.74, 6) is 1.27. The van der Waals surface area contributed by atoms with Crippen LogP contribution in [0.15, 0.2) is 24.3 Å². The maximum absolute atomic E-state index is 10.9. The van der Waals surface area contributed by atoms with Gasteiger partial charge in [-0.05, 0) is 19.1 Å². The molecule has 1 aromatic rings. The lowest BCUT2D eigenvalue weighted by molar-refractivity contribution is -0.140. The molecule has 0 aromatic heterocycles. The summed E-state index contributed by atoms with van der Waals surface area (Å²) < 4.78 is 15.6. The van der Waals surface area contributed by atoms with Crippen molar-refractivity contribution in [2.24, 2.45) is 0 Å². The number of methoxy groups -OCH3 is 1. The summed E-state index contributed by atoms with van der Waals surface area (Å²) in [6.45, 7) is 4.31. The van der Waals surface area contributed by atoms with Gasteiger partial charge in [0.25, 0.3) is 0 Å². The van der Waals surface area contributed by atoms with Gasteiger partial charge in [0, 0.05) is 13.1 Å². The van der Waals surface area contributed by atoms with Crippen LogP contribution in [0, 0.1) is 0 Å². The molecule has 0 amide bonds. The summed E-state index contributed by atoms with van der Waals surface area (Å²) in [6.07, 6.45) is 0.367. The third-order valence-corrected chi connectivity index (χ3v) is 2.42. The van der Waals surface area contributed by atoms with E-state index in [1.165, 1.54) is 7.11 Å². The van der Waals surface area contributed by atoms with Gasteiger partial charge in [-0.2, -0.15) is 0 Å². The summed E-state index contributed by atoms with van der Waals surface area (Å²) in [5, 5.41) is 3.11. The van der Waals surface area contributed by atoms with Crippen LogP contribution in [0.2, 0.25) is 0 Å².